The fraction of sp³-hybridized carbons (Fsp3) is 0.500. The summed E-state index contributed by atoms with van der Waals surface area (Å²) in [6, 6.07) is 3.73. The SMILES string of the molecule is CCC/C=C1\c2ccc(OC)c(OC)c2N(CC(=O)OC)C(=O)C1(C)C. The van der Waals surface area contributed by atoms with Gasteiger partial charge in [-0.3, -0.25) is 14.5 Å². The average Bonchev–Trinajstić information content (AvgIpc) is 2.63. The van der Waals surface area contributed by atoms with Gasteiger partial charge in [-0.1, -0.05) is 19.4 Å². The van der Waals surface area contributed by atoms with Crippen LogP contribution in [0.25, 0.3) is 5.57 Å². The van der Waals surface area contributed by atoms with Crippen molar-refractivity contribution in [1.29, 1.82) is 0 Å². The van der Waals surface area contributed by atoms with Crippen molar-refractivity contribution in [2.24, 2.45) is 5.41 Å². The van der Waals surface area contributed by atoms with Crippen LogP contribution in [0.3, 0.4) is 0 Å². The number of unbranched alkanes of at least 4 members (excludes halogenated alkanes) is 1. The Morgan fingerprint density at radius 3 is 2.42 bits per heavy atom. The molecule has 6 nitrogen and oxygen atoms in total. The first-order valence-corrected chi connectivity index (χ1v) is 8.68. The molecule has 0 N–H and O–H groups in total. The van der Waals surface area contributed by atoms with Crippen molar-refractivity contribution in [2.45, 2.75) is 33.6 Å². The van der Waals surface area contributed by atoms with Crippen LogP contribution >= 0.6 is 0 Å². The fourth-order valence-electron chi connectivity index (χ4n) is 3.29. The van der Waals surface area contributed by atoms with Gasteiger partial charge in [0.25, 0.3) is 0 Å². The molecule has 1 amide bonds. The summed E-state index contributed by atoms with van der Waals surface area (Å²) in [6.07, 6.45) is 3.93. The maximum atomic E-state index is 13.3. The molecule has 2 rings (SSSR count). The Kier molecular flexibility index (Phi) is 5.95. The average molecular weight is 361 g/mol. The van der Waals surface area contributed by atoms with Gasteiger partial charge in [-0.25, -0.2) is 0 Å². The van der Waals surface area contributed by atoms with E-state index in [1.807, 2.05) is 26.0 Å². The number of esters is 1. The second-order valence-electron chi connectivity index (χ2n) is 6.70. The first kappa shape index (κ1) is 19.8. The predicted octanol–water partition coefficient (Wildman–Crippen LogP) is 3.43. The molecule has 0 atom stereocenters. The van der Waals surface area contributed by atoms with Crippen LogP contribution in [0.4, 0.5) is 5.69 Å². The van der Waals surface area contributed by atoms with Crippen LogP contribution in [0.5, 0.6) is 11.5 Å². The highest BCUT2D eigenvalue weighted by Crippen LogP contribution is 2.52. The van der Waals surface area contributed by atoms with Crippen molar-refractivity contribution < 1.29 is 23.8 Å². The minimum atomic E-state index is -0.768. The Hall–Kier alpha value is -2.50. The van der Waals surface area contributed by atoms with Crippen LogP contribution in [0.15, 0.2) is 18.2 Å². The highest BCUT2D eigenvalue weighted by molar-refractivity contribution is 6.14. The molecule has 26 heavy (non-hydrogen) atoms. The third-order valence-corrected chi connectivity index (χ3v) is 4.68. The lowest BCUT2D eigenvalue weighted by atomic mass is 9.74. The van der Waals surface area contributed by atoms with Crippen LogP contribution in [0.2, 0.25) is 0 Å². The molecule has 0 aromatic heterocycles. The Morgan fingerprint density at radius 1 is 1.19 bits per heavy atom. The lowest BCUT2D eigenvalue weighted by Crippen LogP contribution is -2.48. The molecule has 1 aliphatic heterocycles. The first-order chi connectivity index (χ1) is 12.3. The molecule has 0 unspecified atom stereocenters. The Balaban J connectivity index is 2.79. The van der Waals surface area contributed by atoms with E-state index >= 15 is 0 Å². The molecular weight excluding hydrogens is 334 g/mol. The number of rotatable bonds is 6. The number of anilines is 1. The molecular formula is C20H27NO5. The lowest BCUT2D eigenvalue weighted by molar-refractivity contribution is -0.140. The van der Waals surface area contributed by atoms with Gasteiger partial charge in [0.2, 0.25) is 5.91 Å². The summed E-state index contributed by atoms with van der Waals surface area (Å²) in [6.45, 7) is 5.66. The number of ether oxygens (including phenoxy) is 3. The van der Waals surface area contributed by atoms with Gasteiger partial charge in [0, 0.05) is 5.56 Å². The zero-order chi connectivity index (χ0) is 19.5. The summed E-state index contributed by atoms with van der Waals surface area (Å²) in [5.74, 6) is 0.263. The normalized spacial score (nSPS) is 17.1. The van der Waals surface area contributed by atoms with E-state index in [1.54, 1.807) is 0 Å². The predicted molar refractivity (Wildman–Crippen MR) is 101 cm³/mol. The van der Waals surface area contributed by atoms with E-state index < -0.39 is 11.4 Å². The van der Waals surface area contributed by atoms with E-state index in [1.165, 1.54) is 26.2 Å². The molecule has 0 aliphatic carbocycles. The van der Waals surface area contributed by atoms with Crippen LogP contribution < -0.4 is 14.4 Å². The fourth-order valence-corrected chi connectivity index (χ4v) is 3.29. The van der Waals surface area contributed by atoms with Gasteiger partial charge in [-0.2, -0.15) is 0 Å². The van der Waals surface area contributed by atoms with E-state index in [9.17, 15) is 9.59 Å². The summed E-state index contributed by atoms with van der Waals surface area (Å²) in [5, 5.41) is 0. The van der Waals surface area contributed by atoms with Crippen molar-refractivity contribution >= 4 is 23.1 Å². The number of hydrogen-bond donors (Lipinski definition) is 0. The van der Waals surface area contributed by atoms with Crippen LogP contribution in [-0.4, -0.2) is 39.8 Å². The number of benzene rings is 1. The van der Waals surface area contributed by atoms with Gasteiger partial charge < -0.3 is 14.2 Å². The molecule has 0 saturated heterocycles. The van der Waals surface area contributed by atoms with E-state index in [2.05, 4.69) is 13.0 Å². The molecule has 6 heteroatoms. The van der Waals surface area contributed by atoms with E-state index in [0.29, 0.717) is 17.2 Å². The summed E-state index contributed by atoms with van der Waals surface area (Å²) in [5.41, 5.74) is 1.57. The highest BCUT2D eigenvalue weighted by atomic mass is 16.5. The summed E-state index contributed by atoms with van der Waals surface area (Å²) in [4.78, 5) is 26.7. The number of allylic oxidation sites excluding steroid dienone is 1. The molecule has 0 saturated carbocycles. The maximum Gasteiger partial charge on any atom is 0.325 e. The first-order valence-electron chi connectivity index (χ1n) is 8.68. The minimum absolute atomic E-state index is 0.177. The topological polar surface area (TPSA) is 65.1 Å². The molecule has 0 radical (unpaired) electrons. The Labute approximate surface area is 154 Å². The third kappa shape index (κ3) is 3.28. The summed E-state index contributed by atoms with van der Waals surface area (Å²) < 4.78 is 15.7. The number of carbonyl (C=O) groups is 2. The van der Waals surface area contributed by atoms with Gasteiger partial charge >= 0.3 is 5.97 Å². The van der Waals surface area contributed by atoms with Gasteiger partial charge in [0.05, 0.1) is 32.4 Å². The van der Waals surface area contributed by atoms with Crippen molar-refractivity contribution in [3.8, 4) is 11.5 Å². The van der Waals surface area contributed by atoms with Gasteiger partial charge in [-0.05, 0) is 38.0 Å². The third-order valence-electron chi connectivity index (χ3n) is 4.68. The van der Waals surface area contributed by atoms with Gasteiger partial charge in [0.1, 0.15) is 6.54 Å². The number of hydrogen-bond acceptors (Lipinski definition) is 5. The molecule has 142 valence electrons. The highest BCUT2D eigenvalue weighted by Gasteiger charge is 2.45. The number of nitrogens with zero attached hydrogens (tertiary/aromatic N) is 1. The van der Waals surface area contributed by atoms with E-state index in [4.69, 9.17) is 14.2 Å². The molecule has 0 spiro atoms. The Morgan fingerprint density at radius 2 is 1.88 bits per heavy atom. The zero-order valence-corrected chi connectivity index (χ0v) is 16.3. The van der Waals surface area contributed by atoms with Crippen molar-refractivity contribution in [1.82, 2.24) is 0 Å². The number of fused-ring (bicyclic) bond motifs is 1. The molecule has 1 heterocycles. The van der Waals surface area contributed by atoms with Gasteiger partial charge in [-0.15, -0.1) is 0 Å². The van der Waals surface area contributed by atoms with Crippen LogP contribution in [0.1, 0.15) is 39.2 Å². The summed E-state index contributed by atoms with van der Waals surface area (Å²) >= 11 is 0. The number of methoxy groups -OCH3 is 3. The standard InChI is InChI=1S/C20H27NO5/c1-7-8-9-14-13-10-11-15(24-4)18(26-6)17(13)21(12-16(22)25-5)19(23)20(14,2)3/h9-11H,7-8,12H2,1-6H3/b14-9+. The number of carbonyl (C=O) groups excluding carboxylic acids is 2. The Bertz CT molecular complexity index is 736. The van der Waals surface area contributed by atoms with Gasteiger partial charge in [0.15, 0.2) is 11.5 Å². The quantitative estimate of drug-likeness (QED) is 0.726. The van der Waals surface area contributed by atoms with Crippen LogP contribution in [-0.2, 0) is 14.3 Å². The van der Waals surface area contributed by atoms with E-state index in [0.717, 1.165) is 24.0 Å². The van der Waals surface area contributed by atoms with Crippen LogP contribution in [0, 0.1) is 5.41 Å². The zero-order valence-electron chi connectivity index (χ0n) is 16.3. The second kappa shape index (κ2) is 7.81. The molecule has 1 aliphatic rings. The minimum Gasteiger partial charge on any atom is -0.493 e. The largest absolute Gasteiger partial charge is 0.493 e. The second-order valence-corrected chi connectivity index (χ2v) is 6.70. The lowest BCUT2D eigenvalue weighted by Gasteiger charge is -2.41. The number of amides is 1. The van der Waals surface area contributed by atoms with Crippen molar-refractivity contribution in [3.05, 3.63) is 23.8 Å². The molecule has 0 fully saturated rings. The summed E-state index contributed by atoms with van der Waals surface area (Å²) in [7, 11) is 4.36. The molecule has 1 aromatic carbocycles. The monoisotopic (exact) mass is 361 g/mol. The molecule has 1 aromatic rings. The molecule has 0 bridgehead atoms. The van der Waals surface area contributed by atoms with Crippen molar-refractivity contribution in [3.63, 3.8) is 0 Å². The maximum absolute atomic E-state index is 13.3. The van der Waals surface area contributed by atoms with E-state index in [-0.39, 0.29) is 12.5 Å². The van der Waals surface area contributed by atoms with Crippen molar-refractivity contribution in [2.75, 3.05) is 32.8 Å². The smallest absolute Gasteiger partial charge is 0.325 e.